The molecule has 0 unspecified atom stereocenters. The van der Waals surface area contributed by atoms with E-state index in [9.17, 15) is 14.4 Å². The number of carbonyl (C=O) groups excluding carboxylic acids is 2. The van der Waals surface area contributed by atoms with Crippen LogP contribution in [0.3, 0.4) is 0 Å². The molecule has 0 radical (unpaired) electrons. The fraction of sp³-hybridized carbons (Fsp3) is 0.353. The molecule has 1 amide bonds. The van der Waals surface area contributed by atoms with Gasteiger partial charge in [0.15, 0.2) is 0 Å². The van der Waals surface area contributed by atoms with Crippen LogP contribution in [0.1, 0.15) is 31.9 Å². The zero-order valence-corrected chi connectivity index (χ0v) is 13.3. The van der Waals surface area contributed by atoms with E-state index in [0.717, 1.165) is 5.56 Å². The number of carbonyl (C=O) groups is 3. The highest BCUT2D eigenvalue weighted by Gasteiger charge is 2.44. The Labute approximate surface area is 134 Å². The van der Waals surface area contributed by atoms with Crippen molar-refractivity contribution in [3.8, 4) is 0 Å². The first-order valence-corrected chi connectivity index (χ1v) is 7.27. The number of nitrogens with zero attached hydrogens (tertiary/aromatic N) is 1. The van der Waals surface area contributed by atoms with E-state index in [1.807, 2.05) is 37.3 Å². The highest BCUT2D eigenvalue weighted by molar-refractivity contribution is 6.03. The maximum Gasteiger partial charge on any atom is 0.336 e. The van der Waals surface area contributed by atoms with Crippen molar-refractivity contribution >= 4 is 17.8 Å². The van der Waals surface area contributed by atoms with Gasteiger partial charge in [-0.1, -0.05) is 30.3 Å². The van der Waals surface area contributed by atoms with Gasteiger partial charge in [-0.25, -0.2) is 4.79 Å². The number of amides is 1. The topological polar surface area (TPSA) is 83.9 Å². The van der Waals surface area contributed by atoms with Crippen LogP contribution in [-0.4, -0.2) is 35.0 Å². The molecule has 23 heavy (non-hydrogen) atoms. The molecular formula is C17H19NO5. The van der Waals surface area contributed by atoms with Gasteiger partial charge in [0, 0.05) is 5.70 Å². The SMILES string of the molecule is COC(=O)C1=C(C)N([C@@H](C)c2ccccc2)C(=O)[C@@H]1CC(=O)O. The van der Waals surface area contributed by atoms with E-state index >= 15 is 0 Å². The second-order valence-electron chi connectivity index (χ2n) is 5.44. The van der Waals surface area contributed by atoms with Crippen molar-refractivity contribution in [3.63, 3.8) is 0 Å². The summed E-state index contributed by atoms with van der Waals surface area (Å²) in [6.07, 6.45) is -0.432. The minimum absolute atomic E-state index is 0.127. The standard InChI is InChI=1S/C17H19NO5/c1-10(12-7-5-4-6-8-12)18-11(2)15(17(22)23-3)13(16(18)21)9-14(19)20/h4-8,10,13H,9H2,1-3H3,(H,19,20)/t10-,13+/m0/s1. The van der Waals surface area contributed by atoms with Crippen LogP contribution in [0.5, 0.6) is 0 Å². The summed E-state index contributed by atoms with van der Waals surface area (Å²) in [5, 5.41) is 9.05. The molecule has 1 aliphatic rings. The van der Waals surface area contributed by atoms with Crippen LogP contribution in [0.25, 0.3) is 0 Å². The Kier molecular flexibility index (Phi) is 4.83. The molecule has 1 aliphatic heterocycles. The average molecular weight is 317 g/mol. The first-order chi connectivity index (χ1) is 10.9. The molecule has 0 spiro atoms. The number of allylic oxidation sites excluding steroid dienone is 1. The number of ether oxygens (including phenoxy) is 1. The van der Waals surface area contributed by atoms with Crippen molar-refractivity contribution in [2.75, 3.05) is 7.11 Å². The molecule has 2 atom stereocenters. The number of hydrogen-bond donors (Lipinski definition) is 1. The fourth-order valence-corrected chi connectivity index (χ4v) is 2.96. The van der Waals surface area contributed by atoms with Gasteiger partial charge in [0.1, 0.15) is 0 Å². The molecule has 0 aliphatic carbocycles. The van der Waals surface area contributed by atoms with Crippen molar-refractivity contribution in [1.82, 2.24) is 4.90 Å². The highest BCUT2D eigenvalue weighted by atomic mass is 16.5. The van der Waals surface area contributed by atoms with Crippen molar-refractivity contribution in [3.05, 3.63) is 47.2 Å². The number of rotatable bonds is 5. The summed E-state index contributed by atoms with van der Waals surface area (Å²) in [6.45, 7) is 3.49. The summed E-state index contributed by atoms with van der Waals surface area (Å²) in [5.74, 6) is -3.19. The molecule has 1 N–H and O–H groups in total. The zero-order valence-electron chi connectivity index (χ0n) is 13.3. The molecule has 0 saturated heterocycles. The molecule has 122 valence electrons. The van der Waals surface area contributed by atoms with Gasteiger partial charge in [-0.05, 0) is 19.4 Å². The van der Waals surface area contributed by atoms with Gasteiger partial charge < -0.3 is 14.7 Å². The van der Waals surface area contributed by atoms with Gasteiger partial charge in [-0.2, -0.15) is 0 Å². The third kappa shape index (κ3) is 3.11. The Bertz CT molecular complexity index is 665. The molecular weight excluding hydrogens is 298 g/mol. The molecule has 1 heterocycles. The van der Waals surface area contributed by atoms with E-state index in [1.54, 1.807) is 6.92 Å². The van der Waals surface area contributed by atoms with Crippen LogP contribution in [0.15, 0.2) is 41.6 Å². The zero-order chi connectivity index (χ0) is 17.1. The maximum atomic E-state index is 12.7. The average Bonchev–Trinajstić information content (AvgIpc) is 2.77. The molecule has 0 saturated carbocycles. The molecule has 0 fully saturated rings. The van der Waals surface area contributed by atoms with Crippen LogP contribution >= 0.6 is 0 Å². The summed E-state index contributed by atoms with van der Waals surface area (Å²) >= 11 is 0. The molecule has 2 rings (SSSR count). The van der Waals surface area contributed by atoms with E-state index in [2.05, 4.69) is 0 Å². The molecule has 0 bridgehead atoms. The second kappa shape index (κ2) is 6.64. The minimum atomic E-state index is -1.13. The van der Waals surface area contributed by atoms with Gasteiger partial charge in [0.2, 0.25) is 5.91 Å². The Balaban J connectivity index is 2.44. The Hall–Kier alpha value is -2.63. The predicted octanol–water partition coefficient (Wildman–Crippen LogP) is 2.13. The summed E-state index contributed by atoms with van der Waals surface area (Å²) in [5.41, 5.74) is 1.48. The first-order valence-electron chi connectivity index (χ1n) is 7.27. The lowest BCUT2D eigenvalue weighted by Gasteiger charge is -2.27. The van der Waals surface area contributed by atoms with Crippen LogP contribution in [0.2, 0.25) is 0 Å². The van der Waals surface area contributed by atoms with E-state index in [1.165, 1.54) is 12.0 Å². The van der Waals surface area contributed by atoms with E-state index in [4.69, 9.17) is 9.84 Å². The number of hydrogen-bond acceptors (Lipinski definition) is 4. The quantitative estimate of drug-likeness (QED) is 0.841. The summed E-state index contributed by atoms with van der Waals surface area (Å²) in [7, 11) is 1.22. The lowest BCUT2D eigenvalue weighted by Crippen LogP contribution is -2.32. The first kappa shape index (κ1) is 16.7. The predicted molar refractivity (Wildman–Crippen MR) is 82.2 cm³/mol. The Morgan fingerprint density at radius 1 is 1.30 bits per heavy atom. The molecule has 6 nitrogen and oxygen atoms in total. The molecule has 0 aromatic heterocycles. The van der Waals surface area contributed by atoms with Crippen LogP contribution in [0.4, 0.5) is 0 Å². The fourth-order valence-electron chi connectivity index (χ4n) is 2.96. The maximum absolute atomic E-state index is 12.7. The third-order valence-electron chi connectivity index (χ3n) is 4.09. The number of aliphatic carboxylic acids is 1. The normalized spacial score (nSPS) is 19.0. The van der Waals surface area contributed by atoms with Crippen molar-refractivity contribution in [2.24, 2.45) is 5.92 Å². The number of methoxy groups -OCH3 is 1. The minimum Gasteiger partial charge on any atom is -0.481 e. The van der Waals surface area contributed by atoms with Gasteiger partial charge in [0.25, 0.3) is 0 Å². The van der Waals surface area contributed by atoms with Crippen LogP contribution in [0, 0.1) is 5.92 Å². The van der Waals surface area contributed by atoms with Crippen molar-refractivity contribution < 1.29 is 24.2 Å². The number of carboxylic acids is 1. The van der Waals surface area contributed by atoms with E-state index in [-0.39, 0.29) is 17.5 Å². The molecule has 1 aromatic carbocycles. The number of benzene rings is 1. The van der Waals surface area contributed by atoms with E-state index in [0.29, 0.717) is 5.70 Å². The van der Waals surface area contributed by atoms with Gasteiger partial charge in [-0.15, -0.1) is 0 Å². The summed E-state index contributed by atoms with van der Waals surface area (Å²) in [4.78, 5) is 37.3. The second-order valence-corrected chi connectivity index (χ2v) is 5.44. The number of carboxylic acid groups (broad SMARTS) is 1. The third-order valence-corrected chi connectivity index (χ3v) is 4.09. The highest BCUT2D eigenvalue weighted by Crippen LogP contribution is 2.38. The van der Waals surface area contributed by atoms with Crippen molar-refractivity contribution in [2.45, 2.75) is 26.3 Å². The smallest absolute Gasteiger partial charge is 0.336 e. The Morgan fingerprint density at radius 2 is 1.91 bits per heavy atom. The van der Waals surface area contributed by atoms with Crippen molar-refractivity contribution in [1.29, 1.82) is 0 Å². The van der Waals surface area contributed by atoms with Gasteiger partial charge in [0.05, 0.1) is 31.1 Å². The molecule has 6 heteroatoms. The largest absolute Gasteiger partial charge is 0.481 e. The molecule has 1 aromatic rings. The monoisotopic (exact) mass is 317 g/mol. The van der Waals surface area contributed by atoms with Crippen LogP contribution in [-0.2, 0) is 19.1 Å². The summed E-state index contributed by atoms with van der Waals surface area (Å²) < 4.78 is 4.73. The van der Waals surface area contributed by atoms with E-state index < -0.39 is 24.3 Å². The Morgan fingerprint density at radius 3 is 2.43 bits per heavy atom. The van der Waals surface area contributed by atoms with Crippen LogP contribution < -0.4 is 0 Å². The van der Waals surface area contributed by atoms with Gasteiger partial charge in [-0.3, -0.25) is 9.59 Å². The van der Waals surface area contributed by atoms with Gasteiger partial charge >= 0.3 is 11.9 Å². The number of esters is 1. The summed E-state index contributed by atoms with van der Waals surface area (Å²) in [6, 6.07) is 9.06. The lowest BCUT2D eigenvalue weighted by molar-refractivity contribution is -0.143. The lowest BCUT2D eigenvalue weighted by atomic mass is 9.96.